The topological polar surface area (TPSA) is 6.48 Å². The Balaban J connectivity index is 1.49. The summed E-state index contributed by atoms with van der Waals surface area (Å²) in [7, 11) is 0. The molecule has 24 heavy (non-hydrogen) atoms. The van der Waals surface area contributed by atoms with Crippen molar-refractivity contribution in [3.63, 3.8) is 0 Å². The minimum absolute atomic E-state index is 0.642. The van der Waals surface area contributed by atoms with Gasteiger partial charge in [-0.05, 0) is 55.5 Å². The van der Waals surface area contributed by atoms with Gasteiger partial charge < -0.3 is 4.90 Å². The van der Waals surface area contributed by atoms with Crippen LogP contribution in [0.2, 0.25) is 0 Å². The van der Waals surface area contributed by atoms with E-state index in [0.29, 0.717) is 5.92 Å². The van der Waals surface area contributed by atoms with Crippen LogP contribution in [0.4, 0.5) is 5.69 Å². The SMILES string of the molecule is Cc1ccc(C)c(N2CCN(CCC(C)c3ccccc3)CC2)c1. The van der Waals surface area contributed by atoms with Gasteiger partial charge in [-0.15, -0.1) is 0 Å². The minimum Gasteiger partial charge on any atom is -0.369 e. The van der Waals surface area contributed by atoms with Crippen molar-refractivity contribution in [2.45, 2.75) is 33.1 Å². The predicted molar refractivity (Wildman–Crippen MR) is 104 cm³/mol. The van der Waals surface area contributed by atoms with Gasteiger partial charge in [-0.2, -0.15) is 0 Å². The normalized spacial score (nSPS) is 17.0. The number of anilines is 1. The summed E-state index contributed by atoms with van der Waals surface area (Å²) in [6.45, 7) is 12.6. The third kappa shape index (κ3) is 4.18. The van der Waals surface area contributed by atoms with Gasteiger partial charge in [0.1, 0.15) is 0 Å². The Bertz CT molecular complexity index is 642. The first-order valence-electron chi connectivity index (χ1n) is 9.23. The van der Waals surface area contributed by atoms with Crippen LogP contribution in [0.5, 0.6) is 0 Å². The Morgan fingerprint density at radius 3 is 2.33 bits per heavy atom. The summed E-state index contributed by atoms with van der Waals surface area (Å²) in [6, 6.07) is 17.7. The van der Waals surface area contributed by atoms with E-state index >= 15 is 0 Å². The van der Waals surface area contributed by atoms with E-state index in [1.54, 1.807) is 0 Å². The van der Waals surface area contributed by atoms with Crippen LogP contribution < -0.4 is 4.90 Å². The van der Waals surface area contributed by atoms with Crippen molar-refractivity contribution in [3.8, 4) is 0 Å². The summed E-state index contributed by atoms with van der Waals surface area (Å²) in [4.78, 5) is 5.18. The fourth-order valence-corrected chi connectivity index (χ4v) is 3.60. The first kappa shape index (κ1) is 17.0. The lowest BCUT2D eigenvalue weighted by molar-refractivity contribution is 0.249. The molecule has 1 atom stereocenters. The van der Waals surface area contributed by atoms with E-state index in [-0.39, 0.29) is 0 Å². The van der Waals surface area contributed by atoms with Gasteiger partial charge in [0.25, 0.3) is 0 Å². The van der Waals surface area contributed by atoms with Crippen molar-refractivity contribution in [1.29, 1.82) is 0 Å². The van der Waals surface area contributed by atoms with Gasteiger partial charge >= 0.3 is 0 Å². The Labute approximate surface area is 147 Å². The third-order valence-electron chi connectivity index (χ3n) is 5.32. The highest BCUT2D eigenvalue weighted by Crippen LogP contribution is 2.24. The zero-order valence-corrected chi connectivity index (χ0v) is 15.3. The second kappa shape index (κ2) is 7.85. The van der Waals surface area contributed by atoms with Crippen molar-refractivity contribution < 1.29 is 0 Å². The van der Waals surface area contributed by atoms with Crippen molar-refractivity contribution in [3.05, 3.63) is 65.2 Å². The van der Waals surface area contributed by atoms with Crippen LogP contribution in [0.1, 0.15) is 36.0 Å². The molecule has 0 bridgehead atoms. The standard InChI is InChI=1S/C22H30N2/c1-18-9-10-20(3)22(17-18)24-15-13-23(14-16-24)12-11-19(2)21-7-5-4-6-8-21/h4-10,17,19H,11-16H2,1-3H3. The number of hydrogen-bond donors (Lipinski definition) is 0. The van der Waals surface area contributed by atoms with E-state index in [0.717, 1.165) is 13.1 Å². The molecular formula is C22H30N2. The van der Waals surface area contributed by atoms with Crippen molar-refractivity contribution in [1.82, 2.24) is 4.90 Å². The Morgan fingerprint density at radius 1 is 0.917 bits per heavy atom. The van der Waals surface area contributed by atoms with Crippen LogP contribution in [-0.4, -0.2) is 37.6 Å². The summed E-state index contributed by atoms with van der Waals surface area (Å²) in [6.07, 6.45) is 1.24. The maximum atomic E-state index is 2.63. The van der Waals surface area contributed by atoms with Crippen molar-refractivity contribution >= 4 is 5.69 Å². The first-order chi connectivity index (χ1) is 11.6. The maximum absolute atomic E-state index is 2.63. The van der Waals surface area contributed by atoms with Crippen LogP contribution in [0.25, 0.3) is 0 Å². The van der Waals surface area contributed by atoms with E-state index in [2.05, 4.69) is 79.1 Å². The summed E-state index contributed by atoms with van der Waals surface area (Å²) < 4.78 is 0. The monoisotopic (exact) mass is 322 g/mol. The summed E-state index contributed by atoms with van der Waals surface area (Å²) in [5.74, 6) is 0.642. The molecule has 2 nitrogen and oxygen atoms in total. The molecule has 0 radical (unpaired) electrons. The molecule has 0 saturated carbocycles. The van der Waals surface area contributed by atoms with Crippen LogP contribution in [0.15, 0.2) is 48.5 Å². The highest BCUT2D eigenvalue weighted by molar-refractivity contribution is 5.55. The van der Waals surface area contributed by atoms with Gasteiger partial charge in [0.15, 0.2) is 0 Å². The van der Waals surface area contributed by atoms with E-state index in [1.165, 1.54) is 48.4 Å². The fraction of sp³-hybridized carbons (Fsp3) is 0.455. The molecule has 0 amide bonds. The lowest BCUT2D eigenvalue weighted by Crippen LogP contribution is -2.47. The summed E-state index contributed by atoms with van der Waals surface area (Å²) in [5.41, 5.74) is 5.64. The van der Waals surface area contributed by atoms with E-state index < -0.39 is 0 Å². The van der Waals surface area contributed by atoms with Gasteiger partial charge in [-0.1, -0.05) is 49.4 Å². The lowest BCUT2D eigenvalue weighted by Gasteiger charge is -2.37. The van der Waals surface area contributed by atoms with Crippen LogP contribution in [0.3, 0.4) is 0 Å². The first-order valence-corrected chi connectivity index (χ1v) is 9.23. The van der Waals surface area contributed by atoms with Crippen LogP contribution in [-0.2, 0) is 0 Å². The third-order valence-corrected chi connectivity index (χ3v) is 5.32. The lowest BCUT2D eigenvalue weighted by atomic mass is 9.97. The predicted octanol–water partition coefficient (Wildman–Crippen LogP) is 4.62. The number of benzene rings is 2. The van der Waals surface area contributed by atoms with Gasteiger partial charge in [0, 0.05) is 31.9 Å². The van der Waals surface area contributed by atoms with E-state index in [1.807, 2.05) is 0 Å². The van der Waals surface area contributed by atoms with Gasteiger partial charge in [0.05, 0.1) is 0 Å². The molecule has 128 valence electrons. The molecule has 1 saturated heterocycles. The Morgan fingerprint density at radius 2 is 1.62 bits per heavy atom. The molecule has 1 aliphatic rings. The largest absolute Gasteiger partial charge is 0.369 e. The second-order valence-electron chi connectivity index (χ2n) is 7.22. The maximum Gasteiger partial charge on any atom is 0.0399 e. The van der Waals surface area contributed by atoms with Crippen LogP contribution in [0, 0.1) is 13.8 Å². The van der Waals surface area contributed by atoms with Crippen LogP contribution >= 0.6 is 0 Å². The number of nitrogens with zero attached hydrogens (tertiary/aromatic N) is 2. The number of rotatable bonds is 5. The molecule has 1 unspecified atom stereocenters. The summed E-state index contributed by atoms with van der Waals surface area (Å²) >= 11 is 0. The molecule has 2 heteroatoms. The smallest absolute Gasteiger partial charge is 0.0399 e. The molecule has 3 rings (SSSR count). The zero-order valence-electron chi connectivity index (χ0n) is 15.3. The molecule has 2 aromatic carbocycles. The quantitative estimate of drug-likeness (QED) is 0.792. The molecular weight excluding hydrogens is 292 g/mol. The fourth-order valence-electron chi connectivity index (χ4n) is 3.60. The molecule has 1 aliphatic heterocycles. The Hall–Kier alpha value is -1.80. The van der Waals surface area contributed by atoms with E-state index in [4.69, 9.17) is 0 Å². The second-order valence-corrected chi connectivity index (χ2v) is 7.22. The van der Waals surface area contributed by atoms with Gasteiger partial charge in [-0.25, -0.2) is 0 Å². The van der Waals surface area contributed by atoms with Gasteiger partial charge in [-0.3, -0.25) is 4.90 Å². The molecule has 0 aromatic heterocycles. The van der Waals surface area contributed by atoms with Crippen molar-refractivity contribution in [2.24, 2.45) is 0 Å². The number of aryl methyl sites for hydroxylation is 2. The minimum atomic E-state index is 0.642. The highest BCUT2D eigenvalue weighted by atomic mass is 15.3. The Kier molecular flexibility index (Phi) is 5.57. The van der Waals surface area contributed by atoms with Crippen molar-refractivity contribution in [2.75, 3.05) is 37.6 Å². The average Bonchev–Trinajstić information content (AvgIpc) is 2.63. The van der Waals surface area contributed by atoms with Gasteiger partial charge in [0.2, 0.25) is 0 Å². The average molecular weight is 322 g/mol. The zero-order chi connectivity index (χ0) is 16.9. The summed E-state index contributed by atoms with van der Waals surface area (Å²) in [5, 5.41) is 0. The van der Waals surface area contributed by atoms with E-state index in [9.17, 15) is 0 Å². The molecule has 0 aliphatic carbocycles. The number of hydrogen-bond acceptors (Lipinski definition) is 2. The molecule has 0 N–H and O–H groups in total. The highest BCUT2D eigenvalue weighted by Gasteiger charge is 2.19. The number of piperazine rings is 1. The molecule has 1 heterocycles. The molecule has 1 fully saturated rings. The molecule has 0 spiro atoms. The molecule has 2 aromatic rings.